The van der Waals surface area contributed by atoms with Gasteiger partial charge in [-0.3, -0.25) is 19.3 Å². The van der Waals surface area contributed by atoms with Crippen LogP contribution in [0, 0.1) is 0 Å². The van der Waals surface area contributed by atoms with Gasteiger partial charge in [-0.2, -0.15) is 0 Å². The Kier molecular flexibility index (Phi) is 6.48. The van der Waals surface area contributed by atoms with Crippen molar-refractivity contribution in [3.8, 4) is 5.75 Å². The summed E-state index contributed by atoms with van der Waals surface area (Å²) in [6.45, 7) is -0.352. The summed E-state index contributed by atoms with van der Waals surface area (Å²) in [6, 6.07) is 5.37. The van der Waals surface area contributed by atoms with Crippen molar-refractivity contribution in [1.82, 2.24) is 15.4 Å². The molecule has 1 atom stereocenters. The van der Waals surface area contributed by atoms with E-state index in [2.05, 4.69) is 20.4 Å². The lowest BCUT2D eigenvalue weighted by Crippen LogP contribution is -2.50. The lowest BCUT2D eigenvalue weighted by Gasteiger charge is -2.30. The number of hydrogen-bond acceptors (Lipinski definition) is 6. The molecule has 1 aliphatic rings. The Morgan fingerprint density at radius 3 is 2.56 bits per heavy atom. The number of pyridine rings is 1. The Bertz CT molecular complexity index is 1020. The van der Waals surface area contributed by atoms with Gasteiger partial charge in [0, 0.05) is 13.2 Å². The lowest BCUT2D eigenvalue weighted by molar-refractivity contribution is -0.274. The highest BCUT2D eigenvalue weighted by Crippen LogP contribution is 2.28. The van der Waals surface area contributed by atoms with Crippen LogP contribution in [0.25, 0.3) is 0 Å². The zero-order valence-corrected chi connectivity index (χ0v) is 16.8. The third-order valence-corrected chi connectivity index (χ3v) is 4.41. The van der Waals surface area contributed by atoms with Gasteiger partial charge in [0.2, 0.25) is 5.91 Å². The molecule has 2 heterocycles. The van der Waals surface area contributed by atoms with E-state index >= 15 is 0 Å². The monoisotopic (exact) mass is 453 g/mol. The van der Waals surface area contributed by atoms with Gasteiger partial charge in [-0.1, -0.05) is 12.1 Å². The van der Waals surface area contributed by atoms with Gasteiger partial charge in [-0.25, -0.2) is 14.8 Å². The summed E-state index contributed by atoms with van der Waals surface area (Å²) in [6.07, 6.45) is -3.45. The summed E-state index contributed by atoms with van der Waals surface area (Å²) >= 11 is 0. The molecule has 2 N–H and O–H groups in total. The van der Waals surface area contributed by atoms with Gasteiger partial charge >= 0.3 is 12.4 Å². The minimum atomic E-state index is -4.88. The zero-order chi connectivity index (χ0) is 23.5. The number of anilines is 2. The number of carbonyl (C=O) groups excluding carboxylic acids is 3. The van der Waals surface area contributed by atoms with Crippen molar-refractivity contribution < 1.29 is 37.1 Å². The Morgan fingerprint density at radius 2 is 1.94 bits per heavy atom. The van der Waals surface area contributed by atoms with E-state index < -0.39 is 36.0 Å². The first kappa shape index (κ1) is 22.8. The number of rotatable bonds is 5. The van der Waals surface area contributed by atoms with Crippen LogP contribution in [-0.2, 0) is 14.4 Å². The maximum absolute atomic E-state index is 13.0. The molecule has 2 aromatic rings. The molecule has 32 heavy (non-hydrogen) atoms. The van der Waals surface area contributed by atoms with E-state index in [1.165, 1.54) is 32.5 Å². The Hall–Kier alpha value is -3.87. The summed E-state index contributed by atoms with van der Waals surface area (Å²) in [5, 5.41) is 5.91. The number of carbonyl (C=O) groups is 3. The molecule has 0 saturated carbocycles. The Balaban J connectivity index is 1.88. The predicted molar refractivity (Wildman–Crippen MR) is 104 cm³/mol. The molecule has 0 aliphatic carbocycles. The number of likely N-dealkylation sites (N-methyl/N-ethyl adjacent to an activating group) is 1. The molecular formula is C19H18F3N5O5. The van der Waals surface area contributed by atoms with E-state index in [-0.39, 0.29) is 17.9 Å². The maximum atomic E-state index is 13.0. The van der Waals surface area contributed by atoms with Gasteiger partial charge in [0.1, 0.15) is 18.3 Å². The topological polar surface area (TPSA) is 113 Å². The average molecular weight is 453 g/mol. The third kappa shape index (κ3) is 5.24. The molecule has 0 bridgehead atoms. The van der Waals surface area contributed by atoms with Gasteiger partial charge in [0.15, 0.2) is 5.82 Å². The quantitative estimate of drug-likeness (QED) is 0.672. The SMILES string of the molecule is CON(C)C(=O)C(NC(=O)N1CC(=O)Nc2cccnc21)c1ccc(OC(F)(F)F)cc1. The van der Waals surface area contributed by atoms with Crippen LogP contribution in [-0.4, -0.2) is 55.0 Å². The zero-order valence-electron chi connectivity index (χ0n) is 16.8. The highest BCUT2D eigenvalue weighted by Gasteiger charge is 2.34. The molecule has 0 spiro atoms. The Morgan fingerprint density at radius 1 is 1.25 bits per heavy atom. The second kappa shape index (κ2) is 9.09. The summed E-state index contributed by atoms with van der Waals surface area (Å²) in [5.74, 6) is -1.51. The van der Waals surface area contributed by atoms with Crippen LogP contribution in [0.3, 0.4) is 0 Å². The van der Waals surface area contributed by atoms with E-state index in [0.717, 1.165) is 22.1 Å². The van der Waals surface area contributed by atoms with E-state index in [1.807, 2.05) is 0 Å². The fraction of sp³-hybridized carbons (Fsp3) is 0.263. The molecule has 13 heteroatoms. The number of nitrogens with zero attached hydrogens (tertiary/aromatic N) is 3. The Labute approximate surface area is 179 Å². The molecule has 4 amide bonds. The first-order valence-corrected chi connectivity index (χ1v) is 9.09. The third-order valence-electron chi connectivity index (χ3n) is 4.41. The van der Waals surface area contributed by atoms with Crippen LogP contribution in [0.4, 0.5) is 29.5 Å². The number of amides is 4. The number of halogens is 3. The van der Waals surface area contributed by atoms with Crippen molar-refractivity contribution in [2.45, 2.75) is 12.4 Å². The molecule has 170 valence electrons. The number of aromatic nitrogens is 1. The first-order valence-electron chi connectivity index (χ1n) is 9.09. The normalized spacial score (nSPS) is 14.2. The molecule has 1 aromatic heterocycles. The number of hydrogen-bond donors (Lipinski definition) is 2. The van der Waals surface area contributed by atoms with Crippen LogP contribution < -0.4 is 20.3 Å². The van der Waals surface area contributed by atoms with Crippen LogP contribution in [0.5, 0.6) is 5.75 Å². The van der Waals surface area contributed by atoms with Crippen molar-refractivity contribution in [3.63, 3.8) is 0 Å². The van der Waals surface area contributed by atoms with Gasteiger partial charge in [0.05, 0.1) is 12.8 Å². The number of benzene rings is 1. The van der Waals surface area contributed by atoms with Crippen molar-refractivity contribution in [2.75, 3.05) is 30.9 Å². The number of urea groups is 1. The van der Waals surface area contributed by atoms with Crippen molar-refractivity contribution in [3.05, 3.63) is 48.2 Å². The molecule has 0 radical (unpaired) electrons. The molecule has 1 aromatic carbocycles. The molecule has 0 fully saturated rings. The number of hydroxylamine groups is 2. The average Bonchev–Trinajstić information content (AvgIpc) is 2.75. The van der Waals surface area contributed by atoms with E-state index in [1.54, 1.807) is 12.1 Å². The number of fused-ring (bicyclic) bond motifs is 1. The van der Waals surface area contributed by atoms with Crippen molar-refractivity contribution >= 4 is 29.4 Å². The smallest absolute Gasteiger partial charge is 0.406 e. The van der Waals surface area contributed by atoms with Gasteiger partial charge < -0.3 is 15.4 Å². The molecule has 1 unspecified atom stereocenters. The largest absolute Gasteiger partial charge is 0.573 e. The second-order valence-corrected chi connectivity index (χ2v) is 6.53. The van der Waals surface area contributed by atoms with Crippen LogP contribution >= 0.6 is 0 Å². The highest BCUT2D eigenvalue weighted by atomic mass is 19.4. The molecular weight excluding hydrogens is 435 g/mol. The van der Waals surface area contributed by atoms with Crippen molar-refractivity contribution in [1.29, 1.82) is 0 Å². The molecule has 1 aliphatic heterocycles. The minimum absolute atomic E-state index is 0.157. The van der Waals surface area contributed by atoms with E-state index in [9.17, 15) is 27.6 Å². The maximum Gasteiger partial charge on any atom is 0.573 e. The second-order valence-electron chi connectivity index (χ2n) is 6.53. The van der Waals surface area contributed by atoms with Crippen LogP contribution in [0.2, 0.25) is 0 Å². The van der Waals surface area contributed by atoms with Gasteiger partial charge in [-0.05, 0) is 29.8 Å². The van der Waals surface area contributed by atoms with E-state index in [4.69, 9.17) is 4.84 Å². The fourth-order valence-corrected chi connectivity index (χ4v) is 2.91. The summed E-state index contributed by atoms with van der Waals surface area (Å²) in [5.41, 5.74) is 0.467. The van der Waals surface area contributed by atoms with Crippen LogP contribution in [0.1, 0.15) is 11.6 Å². The highest BCUT2D eigenvalue weighted by molar-refractivity contribution is 6.09. The summed E-state index contributed by atoms with van der Waals surface area (Å²) in [4.78, 5) is 47.7. The standard InChI is InChI=1S/C19H18F3N5O5/c1-26(31-2)17(29)15(11-5-7-12(8-6-11)32-19(20,21)22)25-18(30)27-10-14(28)24-13-4-3-9-23-16(13)27/h3-9,15H,10H2,1-2H3,(H,24,28)(H,25,30). The fourth-order valence-electron chi connectivity index (χ4n) is 2.91. The number of nitrogens with one attached hydrogen (secondary N) is 2. The van der Waals surface area contributed by atoms with E-state index in [0.29, 0.717) is 5.69 Å². The van der Waals surface area contributed by atoms with Crippen LogP contribution in [0.15, 0.2) is 42.6 Å². The molecule has 3 rings (SSSR count). The number of ether oxygens (including phenoxy) is 1. The molecule has 10 nitrogen and oxygen atoms in total. The first-order chi connectivity index (χ1) is 15.1. The number of alkyl halides is 3. The van der Waals surface area contributed by atoms with Crippen molar-refractivity contribution in [2.24, 2.45) is 0 Å². The van der Waals surface area contributed by atoms with Gasteiger partial charge in [0.25, 0.3) is 5.91 Å². The lowest BCUT2D eigenvalue weighted by atomic mass is 10.1. The minimum Gasteiger partial charge on any atom is -0.406 e. The summed E-state index contributed by atoms with van der Waals surface area (Å²) in [7, 11) is 2.53. The molecule has 0 saturated heterocycles. The van der Waals surface area contributed by atoms with Gasteiger partial charge in [-0.15, -0.1) is 13.2 Å². The summed E-state index contributed by atoms with van der Waals surface area (Å²) < 4.78 is 41.1. The predicted octanol–water partition coefficient (Wildman–Crippen LogP) is 2.21.